The first kappa shape index (κ1) is 14.3. The van der Waals surface area contributed by atoms with Crippen LogP contribution in [0.15, 0.2) is 0 Å². The average molecular weight is 270 g/mol. The highest BCUT2D eigenvalue weighted by atomic mass is 16.6. The number of ether oxygens (including phenoxy) is 3. The summed E-state index contributed by atoms with van der Waals surface area (Å²) in [4.78, 5) is 24.1. The number of fused-ring (bicyclic) bond motifs is 1. The molecule has 5 heteroatoms. The van der Waals surface area contributed by atoms with E-state index in [1.807, 2.05) is 13.8 Å². The van der Waals surface area contributed by atoms with Gasteiger partial charge in [0.15, 0.2) is 0 Å². The quantitative estimate of drug-likeness (QED) is 0.627. The van der Waals surface area contributed by atoms with Crippen LogP contribution in [0.2, 0.25) is 0 Å². The van der Waals surface area contributed by atoms with E-state index in [0.717, 1.165) is 12.8 Å². The molecule has 1 saturated carbocycles. The minimum Gasteiger partial charge on any atom is -0.463 e. The molecule has 2 fully saturated rings. The van der Waals surface area contributed by atoms with Gasteiger partial charge in [-0.2, -0.15) is 0 Å². The Hall–Kier alpha value is -1.10. The Balaban J connectivity index is 2.12. The van der Waals surface area contributed by atoms with Gasteiger partial charge in [-0.1, -0.05) is 12.8 Å². The molecule has 0 spiro atoms. The lowest BCUT2D eigenvalue weighted by Crippen LogP contribution is -2.37. The lowest BCUT2D eigenvalue weighted by molar-refractivity contribution is -0.163. The van der Waals surface area contributed by atoms with E-state index >= 15 is 0 Å². The molecule has 0 aromatic carbocycles. The van der Waals surface area contributed by atoms with Gasteiger partial charge in [-0.3, -0.25) is 9.59 Å². The van der Waals surface area contributed by atoms with Crippen molar-refractivity contribution in [3.8, 4) is 0 Å². The highest BCUT2D eigenvalue weighted by molar-refractivity contribution is 5.82. The van der Waals surface area contributed by atoms with Gasteiger partial charge in [-0.25, -0.2) is 0 Å². The summed E-state index contributed by atoms with van der Waals surface area (Å²) in [7, 11) is 0. The molecule has 1 aliphatic carbocycles. The maximum absolute atomic E-state index is 12.1. The van der Waals surface area contributed by atoms with Crippen LogP contribution in [0.1, 0.15) is 39.5 Å². The van der Waals surface area contributed by atoms with Crippen LogP contribution < -0.4 is 0 Å². The summed E-state index contributed by atoms with van der Waals surface area (Å²) in [5, 5.41) is 0. The molecule has 2 aliphatic rings. The van der Waals surface area contributed by atoms with Gasteiger partial charge in [-0.05, 0) is 26.7 Å². The van der Waals surface area contributed by atoms with Crippen LogP contribution in [-0.4, -0.2) is 37.4 Å². The monoisotopic (exact) mass is 270 g/mol. The number of esters is 2. The highest BCUT2D eigenvalue weighted by Crippen LogP contribution is 2.32. The normalized spacial score (nSPS) is 32.5. The fraction of sp³-hybridized carbons (Fsp3) is 0.857. The van der Waals surface area contributed by atoms with Gasteiger partial charge in [0.25, 0.3) is 0 Å². The van der Waals surface area contributed by atoms with Crippen molar-refractivity contribution in [2.45, 2.75) is 45.1 Å². The molecule has 0 amide bonds. The van der Waals surface area contributed by atoms with Crippen molar-refractivity contribution >= 4 is 11.9 Å². The van der Waals surface area contributed by atoms with Crippen molar-refractivity contribution in [1.82, 2.24) is 0 Å². The number of cyclic esters (lactones) is 2. The van der Waals surface area contributed by atoms with Crippen LogP contribution >= 0.6 is 0 Å². The van der Waals surface area contributed by atoms with Crippen LogP contribution in [0.5, 0.6) is 0 Å². The third-order valence-electron chi connectivity index (χ3n) is 3.75. The topological polar surface area (TPSA) is 61.8 Å². The summed E-state index contributed by atoms with van der Waals surface area (Å²) < 4.78 is 16.1. The van der Waals surface area contributed by atoms with Crippen LogP contribution in [0.3, 0.4) is 0 Å². The molecular weight excluding hydrogens is 248 g/mol. The second kappa shape index (κ2) is 5.90. The lowest BCUT2D eigenvalue weighted by atomic mass is 9.79. The Morgan fingerprint density at radius 3 is 2.16 bits per heavy atom. The Bertz CT molecular complexity index is 350. The number of hydrogen-bond acceptors (Lipinski definition) is 5. The summed E-state index contributed by atoms with van der Waals surface area (Å²) in [6.45, 7) is 4.49. The zero-order valence-corrected chi connectivity index (χ0v) is 11.6. The molecule has 1 aliphatic heterocycles. The average Bonchev–Trinajstić information content (AvgIpc) is 2.41. The Labute approximate surface area is 113 Å². The van der Waals surface area contributed by atoms with Gasteiger partial charge >= 0.3 is 11.9 Å². The van der Waals surface area contributed by atoms with E-state index in [1.165, 1.54) is 0 Å². The van der Waals surface area contributed by atoms with Crippen molar-refractivity contribution in [2.24, 2.45) is 11.8 Å². The van der Waals surface area contributed by atoms with Gasteiger partial charge in [-0.15, -0.1) is 0 Å². The second-order valence-electron chi connectivity index (χ2n) is 5.88. The van der Waals surface area contributed by atoms with Gasteiger partial charge in [0, 0.05) is 0 Å². The molecule has 2 atom stereocenters. The molecule has 0 bridgehead atoms. The third-order valence-corrected chi connectivity index (χ3v) is 3.75. The van der Waals surface area contributed by atoms with Gasteiger partial charge in [0.05, 0.1) is 24.0 Å². The third kappa shape index (κ3) is 3.69. The highest BCUT2D eigenvalue weighted by Gasteiger charge is 2.39. The largest absolute Gasteiger partial charge is 0.463 e. The summed E-state index contributed by atoms with van der Waals surface area (Å²) in [6.07, 6.45) is 3.34. The maximum atomic E-state index is 12.1. The van der Waals surface area contributed by atoms with E-state index in [9.17, 15) is 9.59 Å². The van der Waals surface area contributed by atoms with Gasteiger partial charge in [0.1, 0.15) is 13.2 Å². The van der Waals surface area contributed by atoms with E-state index in [2.05, 4.69) is 0 Å². The van der Waals surface area contributed by atoms with Crippen molar-refractivity contribution in [2.75, 3.05) is 19.8 Å². The number of hydrogen-bond donors (Lipinski definition) is 0. The Kier molecular flexibility index (Phi) is 4.45. The molecular formula is C14H22O5. The molecule has 0 aromatic heterocycles. The smallest absolute Gasteiger partial charge is 0.309 e. The molecule has 108 valence electrons. The number of rotatable bonds is 0. The summed E-state index contributed by atoms with van der Waals surface area (Å²) in [5.74, 6) is -1.28. The maximum Gasteiger partial charge on any atom is 0.309 e. The molecule has 2 unspecified atom stereocenters. The fourth-order valence-corrected chi connectivity index (χ4v) is 2.66. The molecule has 19 heavy (non-hydrogen) atoms. The second-order valence-corrected chi connectivity index (χ2v) is 5.88. The molecule has 1 heterocycles. The minimum absolute atomic E-state index is 0.212. The van der Waals surface area contributed by atoms with Crippen LogP contribution in [0.25, 0.3) is 0 Å². The molecule has 2 rings (SSSR count). The fourth-order valence-electron chi connectivity index (χ4n) is 2.66. The van der Waals surface area contributed by atoms with Crippen molar-refractivity contribution < 1.29 is 23.8 Å². The van der Waals surface area contributed by atoms with E-state index in [-0.39, 0.29) is 37.0 Å². The van der Waals surface area contributed by atoms with E-state index < -0.39 is 5.60 Å². The zero-order chi connectivity index (χ0) is 13.9. The summed E-state index contributed by atoms with van der Waals surface area (Å²) in [6, 6.07) is 0. The van der Waals surface area contributed by atoms with Gasteiger partial charge < -0.3 is 14.2 Å². The van der Waals surface area contributed by atoms with Crippen molar-refractivity contribution in [1.29, 1.82) is 0 Å². The first-order valence-electron chi connectivity index (χ1n) is 6.97. The summed E-state index contributed by atoms with van der Waals surface area (Å²) >= 11 is 0. The van der Waals surface area contributed by atoms with Crippen LogP contribution in [0.4, 0.5) is 0 Å². The molecule has 0 radical (unpaired) electrons. The standard InChI is InChI=1S/C14H22O5/c1-14(2)9-18-13(16)11-6-4-3-5-10(11)12(15)17-7-8-19-14/h10-11H,3-9H2,1-2H3. The molecule has 0 N–H and O–H groups in total. The van der Waals surface area contributed by atoms with Gasteiger partial charge in [0.2, 0.25) is 0 Å². The number of carbonyl (C=O) groups is 2. The van der Waals surface area contributed by atoms with Crippen LogP contribution in [-0.2, 0) is 23.8 Å². The lowest BCUT2D eigenvalue weighted by Gasteiger charge is -2.28. The Morgan fingerprint density at radius 1 is 0.947 bits per heavy atom. The van der Waals surface area contributed by atoms with Crippen LogP contribution in [0, 0.1) is 11.8 Å². The van der Waals surface area contributed by atoms with Crippen molar-refractivity contribution in [3.05, 3.63) is 0 Å². The SMILES string of the molecule is CC1(C)COC(=O)C2CCCCC2C(=O)OCCO1. The minimum atomic E-state index is -0.545. The molecule has 0 aromatic rings. The first-order chi connectivity index (χ1) is 8.99. The van der Waals surface area contributed by atoms with Crippen molar-refractivity contribution in [3.63, 3.8) is 0 Å². The number of carbonyl (C=O) groups excluding carboxylic acids is 2. The molecule has 5 nitrogen and oxygen atoms in total. The Morgan fingerprint density at radius 2 is 1.53 bits per heavy atom. The predicted molar refractivity (Wildman–Crippen MR) is 67.4 cm³/mol. The molecule has 1 saturated heterocycles. The first-order valence-corrected chi connectivity index (χ1v) is 6.97. The summed E-state index contributed by atoms with van der Waals surface area (Å²) in [5.41, 5.74) is -0.545. The van der Waals surface area contributed by atoms with E-state index in [0.29, 0.717) is 19.4 Å². The zero-order valence-electron chi connectivity index (χ0n) is 11.6. The van der Waals surface area contributed by atoms with E-state index in [1.54, 1.807) is 0 Å². The van der Waals surface area contributed by atoms with E-state index in [4.69, 9.17) is 14.2 Å². The predicted octanol–water partition coefficient (Wildman–Crippen LogP) is 1.69.